The van der Waals surface area contributed by atoms with Crippen molar-refractivity contribution < 1.29 is 14.4 Å². The van der Waals surface area contributed by atoms with Gasteiger partial charge in [-0.3, -0.25) is 14.4 Å². The molecule has 0 radical (unpaired) electrons. The zero-order chi connectivity index (χ0) is 13.8. The van der Waals surface area contributed by atoms with Crippen LogP contribution in [0, 0.1) is 0 Å². The smallest absolute Gasteiger partial charge is 0.0159 e. The highest BCUT2D eigenvalue weighted by atomic mass is 16.1. The first-order valence-electron chi connectivity index (χ1n) is 5.28. The van der Waals surface area contributed by atoms with Crippen LogP contribution in [-0.2, 0) is 14.4 Å². The molecule has 6 nitrogen and oxygen atoms in total. The highest BCUT2D eigenvalue weighted by Crippen LogP contribution is 2.15. The maximum atomic E-state index is 8.24. The topological polar surface area (TPSA) is 118 Å². The average molecular weight is 238 g/mol. The lowest BCUT2D eigenvalue weighted by molar-refractivity contribution is 0.504. The van der Waals surface area contributed by atoms with Gasteiger partial charge < -0.3 is 16.2 Å². The van der Waals surface area contributed by atoms with Gasteiger partial charge in [-0.2, -0.15) is 0 Å². The normalized spacial score (nSPS) is 12.7. The van der Waals surface area contributed by atoms with Gasteiger partial charge in [0.05, 0.1) is 0 Å². The van der Waals surface area contributed by atoms with E-state index in [0.29, 0.717) is 18.2 Å². The summed E-state index contributed by atoms with van der Waals surface area (Å²) in [4.78, 5) is 24.7. The molecule has 1 fully saturated rings. The molecule has 0 N–H and O–H groups in total. The van der Waals surface area contributed by atoms with Gasteiger partial charge in [-0.05, 0) is 18.2 Å². The minimum absolute atomic E-state index is 0.500. The summed E-state index contributed by atoms with van der Waals surface area (Å²) in [5.41, 5.74) is 0. The van der Waals surface area contributed by atoms with E-state index in [-0.39, 0.29) is 0 Å². The molecule has 0 aromatic carbocycles. The van der Waals surface area contributed by atoms with Crippen LogP contribution in [0.1, 0.15) is 51.4 Å². The first kappa shape index (κ1) is 20.5. The van der Waals surface area contributed by atoms with E-state index in [1.165, 1.54) is 51.4 Å². The number of carbonyl (C=O) groups excluding carboxylic acids is 3. The summed E-state index contributed by atoms with van der Waals surface area (Å²) in [7, 11) is 0. The summed E-state index contributed by atoms with van der Waals surface area (Å²) in [5.74, 6) is 0. The maximum absolute atomic E-state index is 8.24. The Morgan fingerprint density at radius 1 is 0.471 bits per heavy atom. The maximum Gasteiger partial charge on any atom is -0.0159 e. The molecule has 1 saturated carbocycles. The molecule has 0 unspecified atom stereocenters. The quantitative estimate of drug-likeness (QED) is 0.476. The van der Waals surface area contributed by atoms with E-state index >= 15 is 0 Å². The van der Waals surface area contributed by atoms with Gasteiger partial charge in [-0.1, -0.05) is 51.4 Å². The molecule has 0 atom stereocenters. The van der Waals surface area contributed by atoms with Crippen molar-refractivity contribution in [2.75, 3.05) is 0 Å². The molecule has 0 heterocycles. The van der Waals surface area contributed by atoms with Crippen molar-refractivity contribution >= 4 is 18.2 Å². The second kappa shape index (κ2) is 29.2. The zero-order valence-corrected chi connectivity index (χ0v) is 9.72. The molecule has 0 aliphatic heterocycles. The number of rotatable bonds is 0. The zero-order valence-electron chi connectivity index (χ0n) is 9.72. The molecule has 0 aromatic heterocycles. The number of nitrogens with zero attached hydrogens (tertiary/aromatic N) is 3. The highest BCUT2D eigenvalue weighted by Gasteiger charge is 1.95. The van der Waals surface area contributed by atoms with Gasteiger partial charge in [0.15, 0.2) is 0 Å². The Morgan fingerprint density at radius 2 is 0.529 bits per heavy atom. The van der Waals surface area contributed by atoms with Gasteiger partial charge in [-0.25, -0.2) is 0 Å². The van der Waals surface area contributed by atoms with Crippen molar-refractivity contribution in [1.29, 1.82) is 0 Å². The van der Waals surface area contributed by atoms with E-state index in [1.807, 2.05) is 0 Å². The van der Waals surface area contributed by atoms with Crippen LogP contribution >= 0.6 is 0 Å². The fraction of sp³-hybridized carbons (Fsp3) is 0.727. The van der Waals surface area contributed by atoms with Gasteiger partial charge in [0.2, 0.25) is 0 Å². The lowest BCUT2D eigenvalue weighted by Crippen LogP contribution is -1.85. The predicted octanol–water partition coefficient (Wildman–Crippen LogP) is 2.80. The summed E-state index contributed by atoms with van der Waals surface area (Å²) in [6, 6.07) is 0. The lowest BCUT2D eigenvalue weighted by Gasteiger charge is -2.05. The summed E-state index contributed by atoms with van der Waals surface area (Å²) in [6.07, 6.45) is 13.5. The molecule has 1 rings (SSSR count). The van der Waals surface area contributed by atoms with Crippen molar-refractivity contribution in [2.24, 2.45) is 0 Å². The van der Waals surface area contributed by atoms with E-state index in [4.69, 9.17) is 30.6 Å². The van der Waals surface area contributed by atoms with Crippen molar-refractivity contribution in [3.05, 3.63) is 16.2 Å². The van der Waals surface area contributed by atoms with Crippen LogP contribution in [0.5, 0.6) is 0 Å². The van der Waals surface area contributed by atoms with E-state index in [0.717, 1.165) is 0 Å². The number of hydrogen-bond donors (Lipinski definition) is 0. The first-order valence-corrected chi connectivity index (χ1v) is 5.28. The number of hydrogen-bond acceptors (Lipinski definition) is 3. The minimum atomic E-state index is 0.500. The van der Waals surface area contributed by atoms with Crippen molar-refractivity contribution in [3.63, 3.8) is 0 Å². The Labute approximate surface area is 101 Å². The third-order valence-corrected chi connectivity index (χ3v) is 2.00. The van der Waals surface area contributed by atoms with Crippen molar-refractivity contribution in [2.45, 2.75) is 51.4 Å². The van der Waals surface area contributed by atoms with Gasteiger partial charge in [0.1, 0.15) is 0 Å². The molecule has 1 aliphatic carbocycles. The molecular formula is C11H16N3O3-3. The lowest BCUT2D eigenvalue weighted by atomic mass is 10.0. The summed E-state index contributed by atoms with van der Waals surface area (Å²) in [6.45, 7) is 0. The Kier molecular flexibility index (Phi) is 35.3. The minimum Gasteiger partial charge on any atom is -0.724 e. The van der Waals surface area contributed by atoms with E-state index in [1.54, 1.807) is 0 Å². The van der Waals surface area contributed by atoms with Crippen molar-refractivity contribution in [1.82, 2.24) is 0 Å². The van der Waals surface area contributed by atoms with E-state index in [2.05, 4.69) is 0 Å². The SMILES string of the molecule is C1CCCCCCC1.[N-]=C=O.[N-]=C=O.[N-]=C=O. The Hall–Kier alpha value is -1.86. The molecule has 0 amide bonds. The highest BCUT2D eigenvalue weighted by molar-refractivity contribution is 5.37. The predicted molar refractivity (Wildman–Crippen MR) is 64.1 cm³/mol. The standard InChI is InChI=1S/C8H16.3CNO/c1-2-4-6-8-7-5-3-1;3*2-1-3/h1-8H2;;;/q;3*-1. The Morgan fingerprint density at radius 3 is 0.588 bits per heavy atom. The van der Waals surface area contributed by atoms with Gasteiger partial charge >= 0.3 is 0 Å². The van der Waals surface area contributed by atoms with Gasteiger partial charge in [0.25, 0.3) is 0 Å². The summed E-state index contributed by atoms with van der Waals surface area (Å²) in [5, 5.41) is 20.3. The molecule has 17 heavy (non-hydrogen) atoms. The fourth-order valence-electron chi connectivity index (χ4n) is 1.41. The second-order valence-corrected chi connectivity index (χ2v) is 3.10. The molecular weight excluding hydrogens is 222 g/mol. The first-order chi connectivity index (χ1) is 8.24. The third kappa shape index (κ3) is 55.3. The Balaban J connectivity index is -0.000000184. The van der Waals surface area contributed by atoms with Crippen LogP contribution in [0.2, 0.25) is 0 Å². The molecule has 1 aliphatic rings. The molecule has 0 aromatic rings. The summed E-state index contributed by atoms with van der Waals surface area (Å²) >= 11 is 0. The van der Waals surface area contributed by atoms with E-state index < -0.39 is 0 Å². The third-order valence-electron chi connectivity index (χ3n) is 2.00. The van der Waals surface area contributed by atoms with Gasteiger partial charge in [0, 0.05) is 0 Å². The van der Waals surface area contributed by atoms with Crippen LogP contribution in [-0.4, -0.2) is 18.2 Å². The molecule has 0 spiro atoms. The second-order valence-electron chi connectivity index (χ2n) is 3.10. The van der Waals surface area contributed by atoms with E-state index in [9.17, 15) is 0 Å². The summed E-state index contributed by atoms with van der Waals surface area (Å²) < 4.78 is 0. The van der Waals surface area contributed by atoms with Gasteiger partial charge in [-0.15, -0.1) is 0 Å². The van der Waals surface area contributed by atoms with Crippen LogP contribution in [0.25, 0.3) is 16.2 Å². The van der Waals surface area contributed by atoms with Crippen LogP contribution < -0.4 is 0 Å². The molecule has 6 heteroatoms. The molecule has 0 bridgehead atoms. The van der Waals surface area contributed by atoms with Crippen molar-refractivity contribution in [3.8, 4) is 0 Å². The van der Waals surface area contributed by atoms with Crippen LogP contribution in [0.3, 0.4) is 0 Å². The largest absolute Gasteiger partial charge is 0.724 e. The molecule has 96 valence electrons. The average Bonchev–Trinajstić information content (AvgIpc) is 2.19. The van der Waals surface area contributed by atoms with Crippen LogP contribution in [0.15, 0.2) is 0 Å². The monoisotopic (exact) mass is 238 g/mol. The Bertz CT molecular complexity index is 184. The molecule has 0 saturated heterocycles. The van der Waals surface area contributed by atoms with Crippen LogP contribution in [0.4, 0.5) is 0 Å². The fourth-order valence-corrected chi connectivity index (χ4v) is 1.41. The number of isocyanates is 3.